The predicted molar refractivity (Wildman–Crippen MR) is 86.3 cm³/mol. The van der Waals surface area contributed by atoms with Crippen LogP contribution >= 0.6 is 0 Å². The van der Waals surface area contributed by atoms with Crippen molar-refractivity contribution in [1.29, 1.82) is 0 Å². The van der Waals surface area contributed by atoms with Crippen LogP contribution in [0.15, 0.2) is 24.3 Å². The number of sulfone groups is 1. The van der Waals surface area contributed by atoms with Crippen LogP contribution in [0.2, 0.25) is 0 Å². The summed E-state index contributed by atoms with van der Waals surface area (Å²) in [6.07, 6.45) is 3.39. The lowest BCUT2D eigenvalue weighted by Gasteiger charge is -2.38. The summed E-state index contributed by atoms with van der Waals surface area (Å²) in [7, 11) is -3.16. The minimum atomic E-state index is -3.16. The maximum atomic E-state index is 12.4. The highest BCUT2D eigenvalue weighted by atomic mass is 32.2. The second-order valence-electron chi connectivity index (χ2n) is 7.13. The van der Waals surface area contributed by atoms with E-state index >= 15 is 0 Å². The van der Waals surface area contributed by atoms with Crippen molar-refractivity contribution in [2.45, 2.75) is 56.6 Å². The summed E-state index contributed by atoms with van der Waals surface area (Å²) in [5.74, 6) is 0.130. The number of hydrogen-bond acceptors (Lipinski definition) is 3. The molecule has 1 aromatic carbocycles. The molecule has 1 aliphatic carbocycles. The zero-order valence-electron chi connectivity index (χ0n) is 13.2. The van der Waals surface area contributed by atoms with E-state index < -0.39 is 20.0 Å². The maximum absolute atomic E-state index is 12.4. The molecule has 0 bridgehead atoms. The Hall–Kier alpha value is -0.870. The second kappa shape index (κ2) is 5.73. The van der Waals surface area contributed by atoms with Gasteiger partial charge in [0.25, 0.3) is 0 Å². The Labute approximate surface area is 128 Å². The molecule has 1 N–H and O–H groups in total. The Morgan fingerprint density at radius 1 is 1.24 bits per heavy atom. The molecule has 0 saturated carbocycles. The summed E-state index contributed by atoms with van der Waals surface area (Å²) in [5, 5.41) is 9.99. The summed E-state index contributed by atoms with van der Waals surface area (Å²) in [6.45, 7) is 5.23. The van der Waals surface area contributed by atoms with Crippen molar-refractivity contribution < 1.29 is 13.5 Å². The van der Waals surface area contributed by atoms with Crippen LogP contribution in [0.3, 0.4) is 0 Å². The Bertz CT molecular complexity index is 599. The van der Waals surface area contributed by atoms with Gasteiger partial charge in [0.05, 0.1) is 17.1 Å². The van der Waals surface area contributed by atoms with Gasteiger partial charge in [-0.3, -0.25) is 0 Å². The first-order valence-electron chi connectivity index (χ1n) is 7.63. The van der Waals surface area contributed by atoms with Gasteiger partial charge in [-0.15, -0.1) is 0 Å². The number of fused-ring (bicyclic) bond motifs is 1. The maximum Gasteiger partial charge on any atom is 0.155 e. The molecule has 0 saturated heterocycles. The summed E-state index contributed by atoms with van der Waals surface area (Å²) in [6, 6.07) is 8.14. The number of aliphatic hydroxyl groups is 1. The molecule has 0 heterocycles. The number of hydrogen-bond donors (Lipinski definition) is 1. The molecule has 1 atom stereocenters. The molecule has 118 valence electrons. The lowest BCUT2D eigenvalue weighted by atomic mass is 9.69. The monoisotopic (exact) mass is 310 g/mol. The summed E-state index contributed by atoms with van der Waals surface area (Å²) >= 11 is 0. The molecule has 0 spiro atoms. The zero-order chi connectivity index (χ0) is 15.7. The SMILES string of the molecule is CC(C)(C)S(=O)(=O)CCC1(CO)CCCc2ccccc21. The predicted octanol–water partition coefficient (Wildman–Crippen LogP) is 2.86. The standard InChI is InChI=1S/C17H26O3S/c1-16(2,3)21(19,20)12-11-17(13-18)10-6-8-14-7-4-5-9-15(14)17/h4-5,7,9,18H,6,8,10-13H2,1-3H3. The van der Waals surface area contributed by atoms with E-state index in [1.807, 2.05) is 12.1 Å². The van der Waals surface area contributed by atoms with Crippen LogP contribution in [0.4, 0.5) is 0 Å². The van der Waals surface area contributed by atoms with Gasteiger partial charge in [0.2, 0.25) is 0 Å². The Kier molecular flexibility index (Phi) is 4.50. The van der Waals surface area contributed by atoms with Crippen LogP contribution in [-0.2, 0) is 21.7 Å². The molecular formula is C17H26O3S. The lowest BCUT2D eigenvalue weighted by molar-refractivity contribution is 0.170. The number of aliphatic hydroxyl groups excluding tert-OH is 1. The van der Waals surface area contributed by atoms with Crippen LogP contribution < -0.4 is 0 Å². The highest BCUT2D eigenvalue weighted by molar-refractivity contribution is 7.92. The van der Waals surface area contributed by atoms with E-state index in [4.69, 9.17) is 0 Å². The fourth-order valence-corrected chi connectivity index (χ4v) is 4.42. The van der Waals surface area contributed by atoms with Crippen LogP contribution in [0.1, 0.15) is 51.2 Å². The molecule has 1 aromatic rings. The first-order chi connectivity index (χ1) is 9.72. The van der Waals surface area contributed by atoms with Crippen LogP contribution in [0.5, 0.6) is 0 Å². The molecule has 3 nitrogen and oxygen atoms in total. The first kappa shape index (κ1) is 16.5. The second-order valence-corrected chi connectivity index (χ2v) is 9.99. The third kappa shape index (κ3) is 3.16. The molecule has 0 fully saturated rings. The van der Waals surface area contributed by atoms with Gasteiger partial charge in [-0.05, 0) is 57.6 Å². The van der Waals surface area contributed by atoms with Gasteiger partial charge in [-0.1, -0.05) is 24.3 Å². The molecule has 21 heavy (non-hydrogen) atoms. The fourth-order valence-electron chi connectivity index (χ4n) is 3.15. The number of aryl methyl sites for hydroxylation is 1. The summed E-state index contributed by atoms with van der Waals surface area (Å²) in [5.41, 5.74) is 2.00. The van der Waals surface area contributed by atoms with Gasteiger partial charge in [-0.2, -0.15) is 0 Å². The van der Waals surface area contributed by atoms with E-state index in [0.29, 0.717) is 6.42 Å². The van der Waals surface area contributed by atoms with E-state index in [1.54, 1.807) is 20.8 Å². The summed E-state index contributed by atoms with van der Waals surface area (Å²) < 4.78 is 24.0. The van der Waals surface area contributed by atoms with E-state index in [1.165, 1.54) is 5.56 Å². The molecule has 0 aliphatic heterocycles. The first-order valence-corrected chi connectivity index (χ1v) is 9.29. The molecule has 0 amide bonds. The van der Waals surface area contributed by atoms with Crippen molar-refractivity contribution >= 4 is 9.84 Å². The molecule has 1 unspecified atom stereocenters. The normalized spacial score (nSPS) is 22.9. The summed E-state index contributed by atoms with van der Waals surface area (Å²) in [4.78, 5) is 0. The van der Waals surface area contributed by atoms with Gasteiger partial charge in [-0.25, -0.2) is 8.42 Å². The topological polar surface area (TPSA) is 54.4 Å². The Morgan fingerprint density at radius 3 is 2.52 bits per heavy atom. The average Bonchev–Trinajstić information content (AvgIpc) is 2.44. The van der Waals surface area contributed by atoms with Crippen LogP contribution in [0, 0.1) is 0 Å². The van der Waals surface area contributed by atoms with Gasteiger partial charge < -0.3 is 5.11 Å². The van der Waals surface area contributed by atoms with Crippen molar-refractivity contribution in [3.63, 3.8) is 0 Å². The van der Waals surface area contributed by atoms with Gasteiger partial charge in [0.15, 0.2) is 9.84 Å². The molecule has 0 aromatic heterocycles. The third-order valence-corrected chi connectivity index (χ3v) is 7.38. The highest BCUT2D eigenvalue weighted by Gasteiger charge is 2.38. The average molecular weight is 310 g/mol. The van der Waals surface area contributed by atoms with E-state index in [2.05, 4.69) is 12.1 Å². The smallest absolute Gasteiger partial charge is 0.155 e. The van der Waals surface area contributed by atoms with Crippen molar-refractivity contribution in [3.05, 3.63) is 35.4 Å². The Balaban J connectivity index is 2.29. The van der Waals surface area contributed by atoms with E-state index in [9.17, 15) is 13.5 Å². The van der Waals surface area contributed by atoms with Crippen molar-refractivity contribution in [1.82, 2.24) is 0 Å². The zero-order valence-corrected chi connectivity index (χ0v) is 14.0. The molecule has 2 rings (SSSR count). The van der Waals surface area contributed by atoms with Crippen molar-refractivity contribution in [2.24, 2.45) is 0 Å². The molecule has 1 aliphatic rings. The van der Waals surface area contributed by atoms with Gasteiger partial charge >= 0.3 is 0 Å². The minimum absolute atomic E-state index is 0.0175. The van der Waals surface area contributed by atoms with E-state index in [-0.39, 0.29) is 12.4 Å². The quantitative estimate of drug-likeness (QED) is 0.930. The van der Waals surface area contributed by atoms with Gasteiger partial charge in [0, 0.05) is 5.41 Å². The van der Waals surface area contributed by atoms with Crippen molar-refractivity contribution in [3.8, 4) is 0 Å². The molecule has 4 heteroatoms. The lowest BCUT2D eigenvalue weighted by Crippen LogP contribution is -2.39. The minimum Gasteiger partial charge on any atom is -0.395 e. The fraction of sp³-hybridized carbons (Fsp3) is 0.647. The highest BCUT2D eigenvalue weighted by Crippen LogP contribution is 2.40. The number of rotatable bonds is 4. The molecular weight excluding hydrogens is 284 g/mol. The van der Waals surface area contributed by atoms with Crippen LogP contribution in [-0.4, -0.2) is 30.6 Å². The largest absolute Gasteiger partial charge is 0.395 e. The van der Waals surface area contributed by atoms with E-state index in [0.717, 1.165) is 24.8 Å². The van der Waals surface area contributed by atoms with Crippen molar-refractivity contribution in [2.75, 3.05) is 12.4 Å². The number of benzene rings is 1. The molecule has 0 radical (unpaired) electrons. The third-order valence-electron chi connectivity index (χ3n) is 4.78. The Morgan fingerprint density at radius 2 is 1.90 bits per heavy atom. The van der Waals surface area contributed by atoms with Gasteiger partial charge in [0.1, 0.15) is 0 Å². The van der Waals surface area contributed by atoms with Crippen LogP contribution in [0.25, 0.3) is 0 Å².